The van der Waals surface area contributed by atoms with Gasteiger partial charge in [-0.3, -0.25) is 4.79 Å². The molecule has 5 nitrogen and oxygen atoms in total. The molecule has 0 aliphatic heterocycles. The minimum atomic E-state index is -1.23. The van der Waals surface area contributed by atoms with Crippen LogP contribution in [-0.2, 0) is 9.59 Å². The van der Waals surface area contributed by atoms with E-state index < -0.39 is 18.0 Å². The number of carboxylic acid groups (broad SMARTS) is 2. The van der Waals surface area contributed by atoms with Crippen molar-refractivity contribution in [3.63, 3.8) is 0 Å². The SMILES string of the molecule is O=C(O)CCCCCCCCCC(O)C(=O)O. The number of aliphatic hydroxyl groups excluding tert-OH is 1. The molecular formula is C12H22O5. The number of rotatable bonds is 11. The highest BCUT2D eigenvalue weighted by Gasteiger charge is 2.11. The van der Waals surface area contributed by atoms with Gasteiger partial charge in [-0.05, 0) is 12.8 Å². The fraction of sp³-hybridized carbons (Fsp3) is 0.833. The predicted octanol–water partition coefficient (Wildman–Crippen LogP) is 2.03. The van der Waals surface area contributed by atoms with E-state index in [1.54, 1.807) is 0 Å². The van der Waals surface area contributed by atoms with Crippen LogP contribution in [0, 0.1) is 0 Å². The lowest BCUT2D eigenvalue weighted by atomic mass is 10.1. The Bertz CT molecular complexity index is 227. The predicted molar refractivity (Wildman–Crippen MR) is 62.8 cm³/mol. The van der Waals surface area contributed by atoms with E-state index in [1.165, 1.54) is 0 Å². The summed E-state index contributed by atoms with van der Waals surface area (Å²) in [4.78, 5) is 20.5. The van der Waals surface area contributed by atoms with Gasteiger partial charge in [-0.25, -0.2) is 4.79 Å². The molecule has 0 aliphatic rings. The van der Waals surface area contributed by atoms with Crippen molar-refractivity contribution in [1.82, 2.24) is 0 Å². The standard InChI is InChI=1S/C12H22O5/c13-10(12(16)17)8-6-4-2-1-3-5-7-9-11(14)15/h10,13H,1-9H2,(H,14,15)(H,16,17). The lowest BCUT2D eigenvalue weighted by Gasteiger charge is -2.04. The minimum Gasteiger partial charge on any atom is -0.481 e. The Labute approximate surface area is 101 Å². The number of unbranched alkanes of at least 4 members (excludes halogenated alkanes) is 6. The second kappa shape index (κ2) is 10.1. The van der Waals surface area contributed by atoms with E-state index in [-0.39, 0.29) is 6.42 Å². The van der Waals surface area contributed by atoms with Crippen molar-refractivity contribution in [2.75, 3.05) is 0 Å². The molecule has 0 fully saturated rings. The first kappa shape index (κ1) is 15.9. The van der Waals surface area contributed by atoms with Gasteiger partial charge in [0.15, 0.2) is 6.10 Å². The molecule has 0 aliphatic carbocycles. The summed E-state index contributed by atoms with van der Waals surface area (Å²) in [6.07, 6.45) is 5.71. The van der Waals surface area contributed by atoms with Gasteiger partial charge >= 0.3 is 11.9 Å². The van der Waals surface area contributed by atoms with Crippen molar-refractivity contribution in [3.8, 4) is 0 Å². The van der Waals surface area contributed by atoms with Gasteiger partial charge in [0.1, 0.15) is 0 Å². The van der Waals surface area contributed by atoms with Gasteiger partial charge in [0.2, 0.25) is 0 Å². The van der Waals surface area contributed by atoms with Gasteiger partial charge in [0.25, 0.3) is 0 Å². The van der Waals surface area contributed by atoms with Gasteiger partial charge in [-0.2, -0.15) is 0 Å². The molecule has 0 saturated carbocycles. The maximum absolute atomic E-state index is 10.3. The quantitative estimate of drug-likeness (QED) is 0.485. The van der Waals surface area contributed by atoms with Gasteiger partial charge in [0, 0.05) is 6.42 Å². The first-order chi connectivity index (χ1) is 8.04. The highest BCUT2D eigenvalue weighted by atomic mass is 16.4. The first-order valence-electron chi connectivity index (χ1n) is 6.16. The normalized spacial score (nSPS) is 12.3. The summed E-state index contributed by atoms with van der Waals surface area (Å²) in [5.41, 5.74) is 0. The molecule has 1 atom stereocenters. The molecule has 0 aromatic heterocycles. The second-order valence-electron chi connectivity index (χ2n) is 4.26. The molecule has 0 radical (unpaired) electrons. The number of aliphatic carboxylic acids is 2. The summed E-state index contributed by atoms with van der Waals surface area (Å²) < 4.78 is 0. The van der Waals surface area contributed by atoms with E-state index in [4.69, 9.17) is 15.3 Å². The Hall–Kier alpha value is -1.10. The average molecular weight is 246 g/mol. The third-order valence-corrected chi connectivity index (χ3v) is 2.65. The van der Waals surface area contributed by atoms with Crippen LogP contribution in [-0.4, -0.2) is 33.4 Å². The van der Waals surface area contributed by atoms with E-state index >= 15 is 0 Å². The molecule has 0 amide bonds. The average Bonchev–Trinajstić information content (AvgIpc) is 2.25. The van der Waals surface area contributed by atoms with Crippen molar-refractivity contribution in [2.24, 2.45) is 0 Å². The van der Waals surface area contributed by atoms with Crippen LogP contribution >= 0.6 is 0 Å². The van der Waals surface area contributed by atoms with Gasteiger partial charge in [0.05, 0.1) is 0 Å². The van der Waals surface area contributed by atoms with Crippen LogP contribution in [0.1, 0.15) is 57.8 Å². The first-order valence-corrected chi connectivity index (χ1v) is 6.16. The maximum Gasteiger partial charge on any atom is 0.332 e. The molecule has 0 saturated heterocycles. The maximum atomic E-state index is 10.3. The fourth-order valence-electron chi connectivity index (χ4n) is 1.62. The van der Waals surface area contributed by atoms with Gasteiger partial charge in [-0.1, -0.05) is 38.5 Å². The van der Waals surface area contributed by atoms with Crippen LogP contribution in [0.3, 0.4) is 0 Å². The van der Waals surface area contributed by atoms with E-state index in [0.29, 0.717) is 6.42 Å². The zero-order chi connectivity index (χ0) is 13.1. The lowest BCUT2D eigenvalue weighted by Crippen LogP contribution is -2.18. The second-order valence-corrected chi connectivity index (χ2v) is 4.26. The van der Waals surface area contributed by atoms with Crippen molar-refractivity contribution < 1.29 is 24.9 Å². The highest BCUT2D eigenvalue weighted by Crippen LogP contribution is 2.10. The third kappa shape index (κ3) is 11.2. The fourth-order valence-corrected chi connectivity index (χ4v) is 1.62. The highest BCUT2D eigenvalue weighted by molar-refractivity contribution is 5.71. The summed E-state index contributed by atoms with van der Waals surface area (Å²) in [5, 5.41) is 25.8. The number of carbonyl (C=O) groups is 2. The molecular weight excluding hydrogens is 224 g/mol. The molecule has 0 aromatic carbocycles. The summed E-state index contributed by atoms with van der Waals surface area (Å²) in [5.74, 6) is -1.90. The zero-order valence-corrected chi connectivity index (χ0v) is 10.1. The summed E-state index contributed by atoms with van der Waals surface area (Å²) in [6.45, 7) is 0. The van der Waals surface area contributed by atoms with Crippen molar-refractivity contribution in [3.05, 3.63) is 0 Å². The van der Waals surface area contributed by atoms with Crippen LogP contribution in [0.5, 0.6) is 0 Å². The van der Waals surface area contributed by atoms with Crippen LogP contribution in [0.2, 0.25) is 0 Å². The van der Waals surface area contributed by atoms with E-state index in [2.05, 4.69) is 0 Å². The monoisotopic (exact) mass is 246 g/mol. The van der Waals surface area contributed by atoms with Crippen LogP contribution in [0.15, 0.2) is 0 Å². The minimum absolute atomic E-state index is 0.241. The van der Waals surface area contributed by atoms with Crippen molar-refractivity contribution >= 4 is 11.9 Å². The molecule has 0 aromatic rings. The molecule has 17 heavy (non-hydrogen) atoms. The number of carboxylic acids is 2. The molecule has 100 valence electrons. The molecule has 3 N–H and O–H groups in total. The molecule has 0 bridgehead atoms. The topological polar surface area (TPSA) is 94.8 Å². The Morgan fingerprint density at radius 3 is 1.76 bits per heavy atom. The van der Waals surface area contributed by atoms with E-state index in [0.717, 1.165) is 44.9 Å². The summed E-state index contributed by atoms with van der Waals surface area (Å²) in [6, 6.07) is 0. The Kier molecular flexibility index (Phi) is 9.43. The molecule has 0 rings (SSSR count). The number of hydrogen-bond donors (Lipinski definition) is 3. The van der Waals surface area contributed by atoms with E-state index in [1.807, 2.05) is 0 Å². The largest absolute Gasteiger partial charge is 0.481 e. The zero-order valence-electron chi connectivity index (χ0n) is 10.1. The molecule has 0 spiro atoms. The van der Waals surface area contributed by atoms with Crippen LogP contribution < -0.4 is 0 Å². The number of aliphatic hydroxyl groups is 1. The summed E-state index contributed by atoms with van der Waals surface area (Å²) >= 11 is 0. The van der Waals surface area contributed by atoms with Crippen molar-refractivity contribution in [1.29, 1.82) is 0 Å². The Balaban J connectivity index is 3.14. The lowest BCUT2D eigenvalue weighted by molar-refractivity contribution is -0.147. The molecule has 1 unspecified atom stereocenters. The summed E-state index contributed by atoms with van der Waals surface area (Å²) in [7, 11) is 0. The number of hydrogen-bond acceptors (Lipinski definition) is 3. The molecule has 0 heterocycles. The Morgan fingerprint density at radius 2 is 1.29 bits per heavy atom. The van der Waals surface area contributed by atoms with Crippen LogP contribution in [0.25, 0.3) is 0 Å². The Morgan fingerprint density at radius 1 is 0.824 bits per heavy atom. The smallest absolute Gasteiger partial charge is 0.332 e. The van der Waals surface area contributed by atoms with Gasteiger partial charge < -0.3 is 15.3 Å². The van der Waals surface area contributed by atoms with E-state index in [9.17, 15) is 9.59 Å². The van der Waals surface area contributed by atoms with Crippen molar-refractivity contribution in [2.45, 2.75) is 63.9 Å². The molecule has 5 heteroatoms. The third-order valence-electron chi connectivity index (χ3n) is 2.65. The van der Waals surface area contributed by atoms with Gasteiger partial charge in [-0.15, -0.1) is 0 Å². The van der Waals surface area contributed by atoms with Crippen LogP contribution in [0.4, 0.5) is 0 Å².